The molecule has 0 aromatic heterocycles. The summed E-state index contributed by atoms with van der Waals surface area (Å²) in [6.45, 7) is 0. The van der Waals surface area contributed by atoms with Crippen molar-refractivity contribution in [3.8, 4) is 0 Å². The molecule has 0 bridgehead atoms. The smallest absolute Gasteiger partial charge is 0.306 e. The van der Waals surface area contributed by atoms with Crippen LogP contribution >= 0.6 is 0 Å². The summed E-state index contributed by atoms with van der Waals surface area (Å²) in [5.74, 6) is -1.23. The number of carbonyl (C=O) groups is 1. The third kappa shape index (κ3) is 3.49. The number of hydrogen-bond acceptors (Lipinski definition) is 5. The number of para-hydroxylation sites is 1. The number of nitrogens with zero attached hydrogens (tertiary/aromatic N) is 1. The van der Waals surface area contributed by atoms with E-state index < -0.39 is 24.6 Å². The van der Waals surface area contributed by atoms with Crippen molar-refractivity contribution in [1.82, 2.24) is 0 Å². The van der Waals surface area contributed by atoms with Crippen molar-refractivity contribution < 1.29 is 24.9 Å². The molecule has 0 saturated heterocycles. The van der Waals surface area contributed by atoms with Gasteiger partial charge in [0, 0.05) is 5.56 Å². The van der Waals surface area contributed by atoms with Crippen LogP contribution in [-0.4, -0.2) is 33.5 Å². The Balaban J connectivity index is 2.98. The third-order valence-electron chi connectivity index (χ3n) is 2.17. The minimum absolute atomic E-state index is 0.152. The van der Waals surface area contributed by atoms with Crippen LogP contribution in [0.25, 0.3) is 0 Å². The van der Waals surface area contributed by atoms with Crippen LogP contribution in [0.4, 0.5) is 5.69 Å². The van der Waals surface area contributed by atoms with E-state index >= 15 is 0 Å². The number of carboxylic acid groups (broad SMARTS) is 1. The molecule has 0 spiro atoms. The van der Waals surface area contributed by atoms with E-state index in [1.807, 2.05) is 0 Å². The van der Waals surface area contributed by atoms with Gasteiger partial charge in [-0.2, -0.15) is 4.99 Å². The lowest BCUT2D eigenvalue weighted by molar-refractivity contribution is -0.141. The number of carbonyl (C=O) groups excluding carboxylic acids is 1. The van der Waals surface area contributed by atoms with E-state index in [0.717, 1.165) is 0 Å². The van der Waals surface area contributed by atoms with Crippen molar-refractivity contribution in [1.29, 1.82) is 0 Å². The van der Waals surface area contributed by atoms with Gasteiger partial charge in [-0.05, 0) is 6.07 Å². The minimum Gasteiger partial charge on any atom is -0.481 e. The molecule has 0 aliphatic rings. The van der Waals surface area contributed by atoms with Crippen LogP contribution in [0.2, 0.25) is 0 Å². The average molecular weight is 237 g/mol. The Labute approximate surface area is 96.9 Å². The number of aliphatic hydroxyl groups excluding tert-OH is 2. The Bertz CT molecular complexity index is 453. The fourth-order valence-corrected chi connectivity index (χ4v) is 1.39. The molecule has 0 aliphatic carbocycles. The lowest BCUT2D eigenvalue weighted by Crippen LogP contribution is -2.21. The zero-order valence-corrected chi connectivity index (χ0v) is 8.78. The normalized spacial score (nSPS) is 13.5. The Kier molecular flexibility index (Phi) is 4.54. The SMILES string of the molecule is O=C=Nc1ccccc1C(O)C(O)CC(=O)O. The van der Waals surface area contributed by atoms with Gasteiger partial charge in [-0.15, -0.1) is 0 Å². The van der Waals surface area contributed by atoms with Crippen LogP contribution < -0.4 is 0 Å². The molecule has 3 N–H and O–H groups in total. The molecule has 17 heavy (non-hydrogen) atoms. The molecule has 0 fully saturated rings. The van der Waals surface area contributed by atoms with Gasteiger partial charge in [-0.1, -0.05) is 18.2 Å². The van der Waals surface area contributed by atoms with Gasteiger partial charge in [0.1, 0.15) is 6.10 Å². The molecule has 90 valence electrons. The minimum atomic E-state index is -1.46. The second-order valence-electron chi connectivity index (χ2n) is 3.37. The molecule has 2 atom stereocenters. The van der Waals surface area contributed by atoms with Gasteiger partial charge in [-0.3, -0.25) is 4.79 Å². The molecule has 0 radical (unpaired) electrons. The van der Waals surface area contributed by atoms with Crippen molar-refractivity contribution in [2.75, 3.05) is 0 Å². The summed E-state index contributed by atoms with van der Waals surface area (Å²) in [7, 11) is 0. The molecule has 1 aromatic rings. The van der Waals surface area contributed by atoms with E-state index in [1.54, 1.807) is 12.1 Å². The largest absolute Gasteiger partial charge is 0.481 e. The van der Waals surface area contributed by atoms with E-state index in [0.29, 0.717) is 0 Å². The van der Waals surface area contributed by atoms with Gasteiger partial charge in [-0.25, -0.2) is 4.79 Å². The first-order chi connectivity index (χ1) is 8.06. The van der Waals surface area contributed by atoms with Crippen molar-refractivity contribution >= 4 is 17.7 Å². The second kappa shape index (κ2) is 5.91. The first kappa shape index (κ1) is 13.1. The zero-order valence-electron chi connectivity index (χ0n) is 8.78. The number of carboxylic acids is 1. The Morgan fingerprint density at radius 1 is 1.35 bits per heavy atom. The van der Waals surface area contributed by atoms with E-state index in [4.69, 9.17) is 5.11 Å². The summed E-state index contributed by atoms with van der Waals surface area (Å²) in [4.78, 5) is 23.9. The number of aliphatic hydroxyl groups is 2. The monoisotopic (exact) mass is 237 g/mol. The first-order valence-corrected chi connectivity index (χ1v) is 4.81. The van der Waals surface area contributed by atoms with Crippen LogP contribution in [0.5, 0.6) is 0 Å². The van der Waals surface area contributed by atoms with Crippen molar-refractivity contribution in [3.63, 3.8) is 0 Å². The number of aliphatic carboxylic acids is 1. The predicted molar refractivity (Wildman–Crippen MR) is 57.4 cm³/mol. The van der Waals surface area contributed by atoms with Crippen LogP contribution in [0.1, 0.15) is 18.1 Å². The van der Waals surface area contributed by atoms with Gasteiger partial charge in [0.2, 0.25) is 6.08 Å². The second-order valence-corrected chi connectivity index (χ2v) is 3.37. The summed E-state index contributed by atoms with van der Waals surface area (Å²) in [6.07, 6.45) is -2.15. The topological polar surface area (TPSA) is 107 Å². The maximum absolute atomic E-state index is 10.4. The zero-order chi connectivity index (χ0) is 12.8. The number of aliphatic imine (C=N–C) groups is 1. The van der Waals surface area contributed by atoms with E-state index in [9.17, 15) is 19.8 Å². The fraction of sp³-hybridized carbons (Fsp3) is 0.273. The lowest BCUT2D eigenvalue weighted by Gasteiger charge is -2.17. The fourth-order valence-electron chi connectivity index (χ4n) is 1.39. The molecule has 0 heterocycles. The lowest BCUT2D eigenvalue weighted by atomic mass is 10.0. The number of rotatable bonds is 5. The molecule has 6 heteroatoms. The van der Waals surface area contributed by atoms with Gasteiger partial charge in [0.05, 0.1) is 18.2 Å². The highest BCUT2D eigenvalue weighted by molar-refractivity contribution is 5.67. The molecular formula is C11H11NO5. The van der Waals surface area contributed by atoms with E-state index in [-0.39, 0.29) is 11.3 Å². The van der Waals surface area contributed by atoms with Gasteiger partial charge >= 0.3 is 5.97 Å². The quantitative estimate of drug-likeness (QED) is 0.511. The maximum Gasteiger partial charge on any atom is 0.306 e. The molecular weight excluding hydrogens is 226 g/mol. The van der Waals surface area contributed by atoms with Crippen LogP contribution in [0.15, 0.2) is 29.3 Å². The first-order valence-electron chi connectivity index (χ1n) is 4.81. The molecule has 0 aliphatic heterocycles. The standard InChI is InChI=1S/C11H11NO5/c13-6-12-8-4-2-1-3-7(8)11(17)9(14)5-10(15)16/h1-4,9,11,14,17H,5H2,(H,15,16). The molecule has 0 amide bonds. The summed E-state index contributed by atoms with van der Waals surface area (Å²) in [5, 5.41) is 27.7. The molecule has 1 rings (SSSR count). The summed E-state index contributed by atoms with van der Waals surface area (Å²) in [6, 6.07) is 6.08. The Hall–Kier alpha value is -2.01. The van der Waals surface area contributed by atoms with Gasteiger partial charge in [0.25, 0.3) is 0 Å². The molecule has 6 nitrogen and oxygen atoms in total. The van der Waals surface area contributed by atoms with Gasteiger partial charge in [0.15, 0.2) is 0 Å². The van der Waals surface area contributed by atoms with Crippen molar-refractivity contribution in [2.45, 2.75) is 18.6 Å². The van der Waals surface area contributed by atoms with E-state index in [2.05, 4.69) is 4.99 Å². The van der Waals surface area contributed by atoms with Crippen LogP contribution in [0, 0.1) is 0 Å². The Morgan fingerprint density at radius 2 is 2.00 bits per heavy atom. The highest BCUT2D eigenvalue weighted by atomic mass is 16.4. The van der Waals surface area contributed by atoms with E-state index in [1.165, 1.54) is 18.2 Å². The highest BCUT2D eigenvalue weighted by Crippen LogP contribution is 2.28. The summed E-state index contributed by atoms with van der Waals surface area (Å²) >= 11 is 0. The molecule has 0 saturated carbocycles. The van der Waals surface area contributed by atoms with Crippen LogP contribution in [0.3, 0.4) is 0 Å². The number of benzene rings is 1. The third-order valence-corrected chi connectivity index (χ3v) is 2.17. The predicted octanol–water partition coefficient (Wildman–Crippen LogP) is 0.523. The highest BCUT2D eigenvalue weighted by Gasteiger charge is 2.23. The maximum atomic E-state index is 10.4. The number of isocyanates is 1. The Morgan fingerprint density at radius 3 is 2.59 bits per heavy atom. The van der Waals surface area contributed by atoms with Crippen LogP contribution in [-0.2, 0) is 9.59 Å². The summed E-state index contributed by atoms with van der Waals surface area (Å²) in [5.41, 5.74) is 0.337. The molecule has 2 unspecified atom stereocenters. The van der Waals surface area contributed by atoms with Crippen molar-refractivity contribution in [2.24, 2.45) is 4.99 Å². The van der Waals surface area contributed by atoms with Crippen molar-refractivity contribution in [3.05, 3.63) is 29.8 Å². The summed E-state index contributed by atoms with van der Waals surface area (Å²) < 4.78 is 0. The molecule has 1 aromatic carbocycles. The number of hydrogen-bond donors (Lipinski definition) is 3. The van der Waals surface area contributed by atoms with Gasteiger partial charge < -0.3 is 15.3 Å². The average Bonchev–Trinajstić information content (AvgIpc) is 2.28.